The van der Waals surface area contributed by atoms with Crippen molar-refractivity contribution in [2.45, 2.75) is 27.7 Å². The van der Waals surface area contributed by atoms with E-state index in [1.165, 1.54) is 22.3 Å². The van der Waals surface area contributed by atoms with Crippen molar-refractivity contribution in [1.82, 2.24) is 9.97 Å². The number of aryl methyl sites for hydroxylation is 3. The largest absolute Gasteiger partial charge is 0.339 e. The summed E-state index contributed by atoms with van der Waals surface area (Å²) in [6.45, 7) is 8.46. The van der Waals surface area contributed by atoms with Gasteiger partial charge in [0.2, 0.25) is 0 Å². The molecule has 1 aromatic heterocycles. The molecule has 0 saturated heterocycles. The predicted octanol–water partition coefficient (Wildman–Crippen LogP) is 4.61. The van der Waals surface area contributed by atoms with Crippen LogP contribution in [0.3, 0.4) is 0 Å². The Kier molecular flexibility index (Phi) is 3.34. The van der Waals surface area contributed by atoms with Gasteiger partial charge in [-0.05, 0) is 68.1 Å². The molecule has 0 spiro atoms. The highest BCUT2D eigenvalue weighted by Crippen LogP contribution is 2.27. The molecule has 0 aliphatic heterocycles. The van der Waals surface area contributed by atoms with Gasteiger partial charge in [-0.2, -0.15) is 0 Å². The predicted molar refractivity (Wildman–Crippen MR) is 88.2 cm³/mol. The number of fused-ring (bicyclic) bond motifs is 1. The molecule has 0 amide bonds. The number of hydrogen-bond donors (Lipinski definition) is 1. The van der Waals surface area contributed by atoms with Crippen LogP contribution in [-0.4, -0.2) is 9.97 Å². The lowest BCUT2D eigenvalue weighted by Gasteiger charge is -2.13. The first-order valence-electron chi connectivity index (χ1n) is 7.11. The Morgan fingerprint density at radius 3 is 2.43 bits per heavy atom. The smallest absolute Gasteiger partial charge is 0.141 e. The zero-order valence-corrected chi connectivity index (χ0v) is 12.9. The van der Waals surface area contributed by atoms with E-state index in [1.807, 2.05) is 0 Å². The average molecular weight is 277 g/mol. The number of anilines is 2. The summed E-state index contributed by atoms with van der Waals surface area (Å²) in [5.74, 6) is 0.858. The van der Waals surface area contributed by atoms with E-state index in [9.17, 15) is 0 Å². The van der Waals surface area contributed by atoms with E-state index in [0.29, 0.717) is 0 Å². The molecule has 0 bridgehead atoms. The summed E-state index contributed by atoms with van der Waals surface area (Å²) >= 11 is 0. The van der Waals surface area contributed by atoms with Crippen molar-refractivity contribution in [3.63, 3.8) is 0 Å². The van der Waals surface area contributed by atoms with Gasteiger partial charge in [-0.15, -0.1) is 0 Å². The van der Waals surface area contributed by atoms with Gasteiger partial charge in [0.15, 0.2) is 0 Å². The monoisotopic (exact) mass is 277 g/mol. The van der Waals surface area contributed by atoms with Crippen LogP contribution < -0.4 is 5.32 Å². The van der Waals surface area contributed by atoms with Gasteiger partial charge in [-0.1, -0.05) is 12.1 Å². The van der Waals surface area contributed by atoms with Crippen LogP contribution in [0.4, 0.5) is 11.5 Å². The highest BCUT2D eigenvalue weighted by atomic mass is 15.0. The van der Waals surface area contributed by atoms with Crippen LogP contribution in [0.15, 0.2) is 36.7 Å². The maximum absolute atomic E-state index is 4.42. The van der Waals surface area contributed by atoms with Gasteiger partial charge >= 0.3 is 0 Å². The van der Waals surface area contributed by atoms with E-state index >= 15 is 0 Å². The van der Waals surface area contributed by atoms with Crippen molar-refractivity contribution in [1.29, 1.82) is 0 Å². The molecule has 0 aliphatic rings. The van der Waals surface area contributed by atoms with E-state index in [-0.39, 0.29) is 0 Å². The summed E-state index contributed by atoms with van der Waals surface area (Å²) in [7, 11) is 0. The quantitative estimate of drug-likeness (QED) is 0.743. The first-order valence-corrected chi connectivity index (χ1v) is 7.11. The van der Waals surface area contributed by atoms with Crippen LogP contribution in [0.1, 0.15) is 22.3 Å². The highest BCUT2D eigenvalue weighted by Gasteiger charge is 2.08. The third kappa shape index (κ3) is 2.47. The SMILES string of the molecule is Cc1cc2ncnc(Nc3cccc(C)c3C)c2cc1C. The fourth-order valence-corrected chi connectivity index (χ4v) is 2.43. The summed E-state index contributed by atoms with van der Waals surface area (Å²) in [6, 6.07) is 10.5. The number of aromatic nitrogens is 2. The molecule has 3 aromatic rings. The molecular formula is C18H19N3. The Labute approximate surface area is 125 Å². The number of nitrogens with one attached hydrogen (secondary N) is 1. The summed E-state index contributed by atoms with van der Waals surface area (Å²) in [4.78, 5) is 8.80. The Morgan fingerprint density at radius 2 is 1.62 bits per heavy atom. The molecule has 0 fully saturated rings. The summed E-state index contributed by atoms with van der Waals surface area (Å²) < 4.78 is 0. The summed E-state index contributed by atoms with van der Waals surface area (Å²) in [6.07, 6.45) is 1.62. The van der Waals surface area contributed by atoms with Crippen LogP contribution in [0, 0.1) is 27.7 Å². The first-order chi connectivity index (χ1) is 10.1. The molecule has 3 heteroatoms. The summed E-state index contributed by atoms with van der Waals surface area (Å²) in [5, 5.41) is 4.51. The minimum absolute atomic E-state index is 0.858. The van der Waals surface area contributed by atoms with Gasteiger partial charge in [0.1, 0.15) is 12.1 Å². The van der Waals surface area contributed by atoms with Gasteiger partial charge in [-0.3, -0.25) is 0 Å². The molecular weight excluding hydrogens is 258 g/mol. The third-order valence-corrected chi connectivity index (χ3v) is 4.11. The Morgan fingerprint density at radius 1 is 0.857 bits per heavy atom. The molecule has 0 radical (unpaired) electrons. The molecule has 21 heavy (non-hydrogen) atoms. The number of rotatable bonds is 2. The van der Waals surface area contributed by atoms with Crippen molar-refractivity contribution < 1.29 is 0 Å². The topological polar surface area (TPSA) is 37.8 Å². The average Bonchev–Trinajstić information content (AvgIpc) is 2.46. The molecule has 1 N–H and O–H groups in total. The molecule has 3 rings (SSSR count). The van der Waals surface area contributed by atoms with E-state index in [4.69, 9.17) is 0 Å². The Bertz CT molecular complexity index is 822. The Hall–Kier alpha value is -2.42. The third-order valence-electron chi connectivity index (χ3n) is 4.11. The minimum atomic E-state index is 0.858. The fraction of sp³-hybridized carbons (Fsp3) is 0.222. The normalized spacial score (nSPS) is 10.9. The molecule has 0 unspecified atom stereocenters. The second-order valence-corrected chi connectivity index (χ2v) is 5.55. The molecule has 0 atom stereocenters. The molecule has 0 saturated carbocycles. The lowest BCUT2D eigenvalue weighted by molar-refractivity contribution is 1.20. The lowest BCUT2D eigenvalue weighted by Crippen LogP contribution is -1.99. The van der Waals surface area contributed by atoms with E-state index in [0.717, 1.165) is 22.4 Å². The van der Waals surface area contributed by atoms with Gasteiger partial charge in [0, 0.05) is 11.1 Å². The molecule has 1 heterocycles. The lowest BCUT2D eigenvalue weighted by atomic mass is 10.1. The van der Waals surface area contributed by atoms with Crippen LogP contribution in [0.5, 0.6) is 0 Å². The first kappa shape index (κ1) is 13.6. The maximum atomic E-state index is 4.42. The number of nitrogens with zero attached hydrogens (tertiary/aromatic N) is 2. The van der Waals surface area contributed by atoms with Gasteiger partial charge in [0.05, 0.1) is 5.52 Å². The van der Waals surface area contributed by atoms with E-state index < -0.39 is 0 Å². The zero-order valence-electron chi connectivity index (χ0n) is 12.9. The molecule has 106 valence electrons. The standard InChI is InChI=1S/C18H19N3/c1-11-6-5-7-16(14(11)4)21-18-15-8-12(2)13(3)9-17(15)19-10-20-18/h5-10H,1-4H3,(H,19,20,21). The van der Waals surface area contributed by atoms with E-state index in [2.05, 4.69) is 73.3 Å². The zero-order chi connectivity index (χ0) is 15.0. The molecule has 2 aromatic carbocycles. The van der Waals surface area contributed by atoms with Crippen molar-refractivity contribution in [2.24, 2.45) is 0 Å². The van der Waals surface area contributed by atoms with Crippen molar-refractivity contribution in [2.75, 3.05) is 5.32 Å². The maximum Gasteiger partial charge on any atom is 0.141 e. The Balaban J connectivity index is 2.12. The van der Waals surface area contributed by atoms with Crippen molar-refractivity contribution in [3.05, 3.63) is 58.9 Å². The minimum Gasteiger partial charge on any atom is -0.339 e. The van der Waals surface area contributed by atoms with Gasteiger partial charge < -0.3 is 5.32 Å². The van der Waals surface area contributed by atoms with Gasteiger partial charge in [-0.25, -0.2) is 9.97 Å². The van der Waals surface area contributed by atoms with Crippen LogP contribution in [0.2, 0.25) is 0 Å². The van der Waals surface area contributed by atoms with Crippen LogP contribution in [-0.2, 0) is 0 Å². The van der Waals surface area contributed by atoms with E-state index in [1.54, 1.807) is 6.33 Å². The highest BCUT2D eigenvalue weighted by molar-refractivity contribution is 5.91. The molecule has 0 aliphatic carbocycles. The molecule has 3 nitrogen and oxygen atoms in total. The number of hydrogen-bond acceptors (Lipinski definition) is 3. The van der Waals surface area contributed by atoms with Crippen molar-refractivity contribution >= 4 is 22.4 Å². The number of benzene rings is 2. The van der Waals surface area contributed by atoms with Crippen molar-refractivity contribution in [3.8, 4) is 0 Å². The second kappa shape index (κ2) is 5.17. The fourth-order valence-electron chi connectivity index (χ4n) is 2.43. The summed E-state index contributed by atoms with van der Waals surface area (Å²) in [5.41, 5.74) is 7.08. The van der Waals surface area contributed by atoms with Crippen LogP contribution >= 0.6 is 0 Å². The van der Waals surface area contributed by atoms with Gasteiger partial charge in [0.25, 0.3) is 0 Å². The van der Waals surface area contributed by atoms with Crippen LogP contribution in [0.25, 0.3) is 10.9 Å². The second-order valence-electron chi connectivity index (χ2n) is 5.55.